The van der Waals surface area contributed by atoms with Crippen molar-refractivity contribution in [2.75, 3.05) is 0 Å². The summed E-state index contributed by atoms with van der Waals surface area (Å²) in [5.74, 6) is 0.379. The molecule has 1 aromatic rings. The van der Waals surface area contributed by atoms with E-state index in [0.29, 0.717) is 11.3 Å². The van der Waals surface area contributed by atoms with E-state index in [1.54, 1.807) is 26.0 Å². The first-order chi connectivity index (χ1) is 8.41. The second-order valence-corrected chi connectivity index (χ2v) is 4.64. The SMILES string of the molecule is CC(C)NC(=O)C(C)Oc1ccccc1[C@@H](C)O. The molecule has 0 saturated heterocycles. The Hall–Kier alpha value is -1.55. The van der Waals surface area contributed by atoms with E-state index >= 15 is 0 Å². The van der Waals surface area contributed by atoms with E-state index in [2.05, 4.69) is 5.32 Å². The summed E-state index contributed by atoms with van der Waals surface area (Å²) in [6.45, 7) is 7.15. The van der Waals surface area contributed by atoms with E-state index in [1.165, 1.54) is 0 Å². The molecule has 18 heavy (non-hydrogen) atoms. The number of rotatable bonds is 5. The minimum Gasteiger partial charge on any atom is -0.481 e. The van der Waals surface area contributed by atoms with Gasteiger partial charge < -0.3 is 15.2 Å². The molecule has 0 aromatic heterocycles. The van der Waals surface area contributed by atoms with Crippen LogP contribution < -0.4 is 10.1 Å². The number of hydrogen-bond acceptors (Lipinski definition) is 3. The van der Waals surface area contributed by atoms with Crippen molar-refractivity contribution in [1.82, 2.24) is 5.32 Å². The monoisotopic (exact) mass is 251 g/mol. The van der Waals surface area contributed by atoms with Crippen LogP contribution in [0.1, 0.15) is 39.4 Å². The summed E-state index contributed by atoms with van der Waals surface area (Å²) in [6.07, 6.45) is -1.21. The summed E-state index contributed by atoms with van der Waals surface area (Å²) in [5, 5.41) is 12.4. The van der Waals surface area contributed by atoms with Gasteiger partial charge in [-0.2, -0.15) is 0 Å². The van der Waals surface area contributed by atoms with Crippen LogP contribution in [0.2, 0.25) is 0 Å². The molecule has 2 atom stereocenters. The summed E-state index contributed by atoms with van der Waals surface area (Å²) in [7, 11) is 0. The van der Waals surface area contributed by atoms with Crippen molar-refractivity contribution in [3.8, 4) is 5.75 Å². The predicted octanol–water partition coefficient (Wildman–Crippen LogP) is 2.03. The van der Waals surface area contributed by atoms with Crippen molar-refractivity contribution >= 4 is 5.91 Å². The van der Waals surface area contributed by atoms with Crippen LogP contribution in [0.15, 0.2) is 24.3 Å². The fourth-order valence-corrected chi connectivity index (χ4v) is 1.58. The number of aliphatic hydroxyl groups excluding tert-OH is 1. The average Bonchev–Trinajstić information content (AvgIpc) is 2.28. The zero-order valence-electron chi connectivity index (χ0n) is 11.3. The molecule has 1 rings (SSSR count). The highest BCUT2D eigenvalue weighted by Gasteiger charge is 2.17. The van der Waals surface area contributed by atoms with Gasteiger partial charge in [0, 0.05) is 11.6 Å². The summed E-state index contributed by atoms with van der Waals surface area (Å²) in [6, 6.07) is 7.26. The molecule has 1 aromatic carbocycles. The van der Waals surface area contributed by atoms with Gasteiger partial charge in [0.2, 0.25) is 0 Å². The van der Waals surface area contributed by atoms with Crippen LogP contribution in [0.4, 0.5) is 0 Å². The third kappa shape index (κ3) is 4.04. The van der Waals surface area contributed by atoms with Gasteiger partial charge in [-0.3, -0.25) is 4.79 Å². The molecule has 0 spiro atoms. The lowest BCUT2D eigenvalue weighted by molar-refractivity contribution is -0.127. The number of hydrogen-bond donors (Lipinski definition) is 2. The number of aliphatic hydroxyl groups is 1. The maximum absolute atomic E-state index is 11.7. The Balaban J connectivity index is 2.75. The molecule has 0 aliphatic carbocycles. The Morgan fingerprint density at radius 2 is 1.83 bits per heavy atom. The largest absolute Gasteiger partial charge is 0.481 e. The first-order valence-electron chi connectivity index (χ1n) is 6.15. The third-order valence-electron chi connectivity index (χ3n) is 2.47. The maximum atomic E-state index is 11.7. The number of carbonyl (C=O) groups excluding carboxylic acids is 1. The number of nitrogens with one attached hydrogen (secondary N) is 1. The molecular formula is C14H21NO3. The van der Waals surface area contributed by atoms with E-state index < -0.39 is 12.2 Å². The van der Waals surface area contributed by atoms with Crippen molar-refractivity contribution in [3.63, 3.8) is 0 Å². The number of amides is 1. The number of para-hydroxylation sites is 1. The molecule has 1 unspecified atom stereocenters. The predicted molar refractivity (Wildman–Crippen MR) is 70.4 cm³/mol. The molecule has 0 bridgehead atoms. The number of benzene rings is 1. The molecule has 0 radical (unpaired) electrons. The van der Waals surface area contributed by atoms with Gasteiger partial charge >= 0.3 is 0 Å². The molecule has 2 N–H and O–H groups in total. The van der Waals surface area contributed by atoms with Crippen LogP contribution in [0.25, 0.3) is 0 Å². The third-order valence-corrected chi connectivity index (χ3v) is 2.47. The summed E-state index contributed by atoms with van der Waals surface area (Å²) in [5.41, 5.74) is 0.682. The lowest BCUT2D eigenvalue weighted by Gasteiger charge is -2.19. The van der Waals surface area contributed by atoms with Crippen LogP contribution in [0.3, 0.4) is 0 Å². The molecular weight excluding hydrogens is 230 g/mol. The molecule has 4 nitrogen and oxygen atoms in total. The van der Waals surface area contributed by atoms with Crippen LogP contribution in [0, 0.1) is 0 Å². The quantitative estimate of drug-likeness (QED) is 0.842. The van der Waals surface area contributed by atoms with Gasteiger partial charge in [0.05, 0.1) is 6.10 Å². The Kier molecular flexibility index (Phi) is 5.16. The van der Waals surface area contributed by atoms with Gasteiger partial charge in [-0.15, -0.1) is 0 Å². The fourth-order valence-electron chi connectivity index (χ4n) is 1.58. The van der Waals surface area contributed by atoms with Crippen LogP contribution in [0.5, 0.6) is 5.75 Å². The second kappa shape index (κ2) is 6.40. The van der Waals surface area contributed by atoms with E-state index in [9.17, 15) is 9.90 Å². The zero-order valence-corrected chi connectivity index (χ0v) is 11.3. The maximum Gasteiger partial charge on any atom is 0.260 e. The second-order valence-electron chi connectivity index (χ2n) is 4.64. The molecule has 0 heterocycles. The van der Waals surface area contributed by atoms with Gasteiger partial charge in [-0.25, -0.2) is 0 Å². The Labute approximate surface area is 108 Å². The lowest BCUT2D eigenvalue weighted by atomic mass is 10.1. The highest BCUT2D eigenvalue weighted by molar-refractivity contribution is 5.80. The standard InChI is InChI=1S/C14H21NO3/c1-9(2)15-14(17)11(4)18-13-8-6-5-7-12(13)10(3)16/h5-11,16H,1-4H3,(H,15,17)/t10-,11?/m1/s1. The van der Waals surface area contributed by atoms with Crippen molar-refractivity contribution in [2.24, 2.45) is 0 Å². The van der Waals surface area contributed by atoms with Crippen LogP contribution >= 0.6 is 0 Å². The summed E-state index contributed by atoms with van der Waals surface area (Å²) < 4.78 is 5.60. The van der Waals surface area contributed by atoms with Gasteiger partial charge in [-0.05, 0) is 33.8 Å². The average molecular weight is 251 g/mol. The van der Waals surface area contributed by atoms with E-state index in [-0.39, 0.29) is 11.9 Å². The van der Waals surface area contributed by atoms with Crippen molar-refractivity contribution in [1.29, 1.82) is 0 Å². The van der Waals surface area contributed by atoms with Crippen molar-refractivity contribution in [3.05, 3.63) is 29.8 Å². The minimum absolute atomic E-state index is 0.0792. The van der Waals surface area contributed by atoms with Crippen molar-refractivity contribution < 1.29 is 14.6 Å². The number of ether oxygens (including phenoxy) is 1. The molecule has 0 fully saturated rings. The molecule has 100 valence electrons. The Morgan fingerprint density at radius 3 is 2.39 bits per heavy atom. The van der Waals surface area contributed by atoms with Crippen LogP contribution in [-0.4, -0.2) is 23.2 Å². The molecule has 0 aliphatic heterocycles. The van der Waals surface area contributed by atoms with Gasteiger partial charge in [0.25, 0.3) is 5.91 Å². The van der Waals surface area contributed by atoms with Crippen molar-refractivity contribution in [2.45, 2.75) is 45.9 Å². The summed E-state index contributed by atoms with van der Waals surface area (Å²) in [4.78, 5) is 11.7. The Morgan fingerprint density at radius 1 is 1.22 bits per heavy atom. The summed E-state index contributed by atoms with van der Waals surface area (Å²) >= 11 is 0. The van der Waals surface area contributed by atoms with Gasteiger partial charge in [-0.1, -0.05) is 18.2 Å². The molecule has 0 saturated carbocycles. The first kappa shape index (κ1) is 14.5. The van der Waals surface area contributed by atoms with Gasteiger partial charge in [0.15, 0.2) is 6.10 Å². The zero-order chi connectivity index (χ0) is 13.7. The first-order valence-corrected chi connectivity index (χ1v) is 6.15. The fraction of sp³-hybridized carbons (Fsp3) is 0.500. The molecule has 0 aliphatic rings. The lowest BCUT2D eigenvalue weighted by Crippen LogP contribution is -2.40. The molecule has 4 heteroatoms. The molecule has 1 amide bonds. The van der Waals surface area contributed by atoms with Gasteiger partial charge in [0.1, 0.15) is 5.75 Å². The normalized spacial score (nSPS) is 14.1. The smallest absolute Gasteiger partial charge is 0.260 e. The minimum atomic E-state index is -0.624. The number of carbonyl (C=O) groups is 1. The van der Waals surface area contributed by atoms with E-state index in [0.717, 1.165) is 0 Å². The Bertz CT molecular complexity index is 402. The van der Waals surface area contributed by atoms with E-state index in [4.69, 9.17) is 4.74 Å². The highest BCUT2D eigenvalue weighted by atomic mass is 16.5. The van der Waals surface area contributed by atoms with Crippen LogP contribution in [-0.2, 0) is 4.79 Å². The topological polar surface area (TPSA) is 58.6 Å². The van der Waals surface area contributed by atoms with E-state index in [1.807, 2.05) is 26.0 Å². The highest BCUT2D eigenvalue weighted by Crippen LogP contribution is 2.25.